The zero-order valence-corrected chi connectivity index (χ0v) is 13.8. The van der Waals surface area contributed by atoms with Gasteiger partial charge < -0.3 is 15.6 Å². The van der Waals surface area contributed by atoms with Gasteiger partial charge in [0.2, 0.25) is 5.91 Å². The van der Waals surface area contributed by atoms with Crippen molar-refractivity contribution >= 4 is 11.9 Å². The van der Waals surface area contributed by atoms with Crippen molar-refractivity contribution in [3.05, 3.63) is 29.8 Å². The van der Waals surface area contributed by atoms with Crippen LogP contribution in [0.25, 0.3) is 0 Å². The molecule has 0 fully saturated rings. The van der Waals surface area contributed by atoms with Crippen LogP contribution in [0.5, 0.6) is 5.75 Å². The Hall–Kier alpha value is -2.04. The second-order valence-corrected chi connectivity index (χ2v) is 6.02. The lowest BCUT2D eigenvalue weighted by molar-refractivity contribution is -0.137. The Kier molecular flexibility index (Phi) is 8.80. The number of aliphatic carboxylic acids is 1. The molecule has 0 heterocycles. The summed E-state index contributed by atoms with van der Waals surface area (Å²) in [5, 5.41) is 8.60. The third-order valence-electron chi connectivity index (χ3n) is 3.67. The molecule has 0 aliphatic rings. The number of amides is 1. The number of nitrogens with two attached hydrogens (primary N) is 1. The van der Waals surface area contributed by atoms with Crippen molar-refractivity contribution < 1.29 is 19.4 Å². The number of carboxylic acids is 1. The number of carboxylic acid groups (broad SMARTS) is 1. The van der Waals surface area contributed by atoms with Crippen LogP contribution in [0.15, 0.2) is 24.3 Å². The maximum absolute atomic E-state index is 10.8. The third kappa shape index (κ3) is 9.55. The summed E-state index contributed by atoms with van der Waals surface area (Å²) < 4.78 is 5.77. The van der Waals surface area contributed by atoms with Gasteiger partial charge in [-0.3, -0.25) is 9.59 Å². The molecule has 0 aromatic heterocycles. The van der Waals surface area contributed by atoms with E-state index in [1.807, 2.05) is 25.1 Å². The van der Waals surface area contributed by atoms with E-state index in [1.165, 1.54) is 5.56 Å². The Morgan fingerprint density at radius 1 is 1.22 bits per heavy atom. The van der Waals surface area contributed by atoms with Gasteiger partial charge in [-0.2, -0.15) is 0 Å². The maximum Gasteiger partial charge on any atom is 0.303 e. The average molecular weight is 321 g/mol. The van der Waals surface area contributed by atoms with Crippen LogP contribution in [0.3, 0.4) is 0 Å². The molecular formula is C18H27NO4. The number of carbonyl (C=O) groups excluding carboxylic acids is 1. The Morgan fingerprint density at radius 2 is 2.00 bits per heavy atom. The van der Waals surface area contributed by atoms with Gasteiger partial charge in [0.15, 0.2) is 0 Å². The molecule has 0 saturated carbocycles. The summed E-state index contributed by atoms with van der Waals surface area (Å²) in [5.41, 5.74) is 6.34. The van der Waals surface area contributed by atoms with Crippen LogP contribution in [0, 0.1) is 5.92 Å². The van der Waals surface area contributed by atoms with E-state index in [9.17, 15) is 9.59 Å². The van der Waals surface area contributed by atoms with E-state index < -0.39 is 5.97 Å². The summed E-state index contributed by atoms with van der Waals surface area (Å²) in [5.74, 6) is 0.105. The van der Waals surface area contributed by atoms with Crippen LogP contribution in [0.4, 0.5) is 0 Å². The molecule has 1 rings (SSSR count). The fourth-order valence-corrected chi connectivity index (χ4v) is 2.28. The summed E-state index contributed by atoms with van der Waals surface area (Å²) in [6.45, 7) is 2.60. The molecule has 1 amide bonds. The lowest BCUT2D eigenvalue weighted by Crippen LogP contribution is -2.15. The minimum Gasteiger partial charge on any atom is -0.493 e. The zero-order chi connectivity index (χ0) is 17.1. The van der Waals surface area contributed by atoms with E-state index in [0.717, 1.165) is 37.9 Å². The fraction of sp³-hybridized carbons (Fsp3) is 0.556. The van der Waals surface area contributed by atoms with E-state index in [-0.39, 0.29) is 18.2 Å². The summed E-state index contributed by atoms with van der Waals surface area (Å²) in [4.78, 5) is 21.2. The predicted octanol–water partition coefficient (Wildman–Crippen LogP) is 3.15. The highest BCUT2D eigenvalue weighted by Gasteiger charge is 2.06. The Morgan fingerprint density at radius 3 is 2.70 bits per heavy atom. The molecule has 0 aliphatic carbocycles. The first kappa shape index (κ1) is 19.0. The lowest BCUT2D eigenvalue weighted by atomic mass is 10.1. The molecule has 0 aliphatic heterocycles. The smallest absolute Gasteiger partial charge is 0.303 e. The number of unbranched alkanes of at least 4 members (excludes halogenated alkanes) is 2. The van der Waals surface area contributed by atoms with Gasteiger partial charge >= 0.3 is 5.97 Å². The van der Waals surface area contributed by atoms with E-state index >= 15 is 0 Å². The molecule has 1 aromatic carbocycles. The molecule has 1 atom stereocenters. The largest absolute Gasteiger partial charge is 0.493 e. The third-order valence-corrected chi connectivity index (χ3v) is 3.67. The van der Waals surface area contributed by atoms with Crippen LogP contribution in [0.1, 0.15) is 51.0 Å². The first-order valence-electron chi connectivity index (χ1n) is 8.19. The summed E-state index contributed by atoms with van der Waals surface area (Å²) in [6, 6.07) is 7.98. The van der Waals surface area contributed by atoms with Gasteiger partial charge in [-0.05, 0) is 49.3 Å². The molecular weight excluding hydrogens is 294 g/mol. The highest BCUT2D eigenvalue weighted by Crippen LogP contribution is 2.17. The van der Waals surface area contributed by atoms with E-state index in [4.69, 9.17) is 15.6 Å². The molecule has 0 spiro atoms. The molecule has 5 heteroatoms. The van der Waals surface area contributed by atoms with Gasteiger partial charge in [0, 0.05) is 12.8 Å². The topological polar surface area (TPSA) is 89.6 Å². The number of aryl methyl sites for hydroxylation is 1. The summed E-state index contributed by atoms with van der Waals surface area (Å²) in [7, 11) is 0. The Balaban J connectivity index is 2.29. The Labute approximate surface area is 137 Å². The quantitative estimate of drug-likeness (QED) is 0.579. The molecule has 0 unspecified atom stereocenters. The van der Waals surface area contributed by atoms with Crippen LogP contribution in [0.2, 0.25) is 0 Å². The second-order valence-electron chi connectivity index (χ2n) is 6.02. The van der Waals surface area contributed by atoms with Crippen LogP contribution >= 0.6 is 0 Å². The van der Waals surface area contributed by atoms with Crippen molar-refractivity contribution in [2.75, 3.05) is 6.61 Å². The minimum atomic E-state index is -0.731. The van der Waals surface area contributed by atoms with Gasteiger partial charge in [0.25, 0.3) is 0 Å². The van der Waals surface area contributed by atoms with Gasteiger partial charge in [-0.25, -0.2) is 0 Å². The molecule has 3 N–H and O–H groups in total. The van der Waals surface area contributed by atoms with Crippen molar-refractivity contribution in [2.45, 2.75) is 51.9 Å². The highest BCUT2D eigenvalue weighted by molar-refractivity contribution is 5.73. The van der Waals surface area contributed by atoms with Gasteiger partial charge in [-0.15, -0.1) is 0 Å². The number of benzene rings is 1. The molecule has 23 heavy (non-hydrogen) atoms. The average Bonchev–Trinajstić information content (AvgIpc) is 2.50. The second kappa shape index (κ2) is 10.6. The molecule has 5 nitrogen and oxygen atoms in total. The number of carbonyl (C=O) groups is 2. The van der Waals surface area contributed by atoms with Crippen LogP contribution < -0.4 is 10.5 Å². The summed E-state index contributed by atoms with van der Waals surface area (Å²) >= 11 is 0. The standard InChI is InChI=1S/C18H27NO4/c1-14(10-11-17(19)20)13-23-16-8-5-7-15(12-16)6-3-2-4-9-18(21)22/h5,7-8,12,14H,2-4,6,9-11,13H2,1H3,(H2,19,20)(H,21,22)/t14-/m0/s1. The highest BCUT2D eigenvalue weighted by atomic mass is 16.5. The van der Waals surface area contributed by atoms with Crippen molar-refractivity contribution in [1.29, 1.82) is 0 Å². The summed E-state index contributed by atoms with van der Waals surface area (Å²) in [6.07, 6.45) is 4.91. The van der Waals surface area contributed by atoms with Crippen molar-refractivity contribution in [2.24, 2.45) is 11.7 Å². The van der Waals surface area contributed by atoms with E-state index in [1.54, 1.807) is 0 Å². The normalized spacial score (nSPS) is 11.9. The van der Waals surface area contributed by atoms with Crippen LogP contribution in [-0.2, 0) is 16.0 Å². The maximum atomic E-state index is 10.8. The number of rotatable bonds is 12. The molecule has 0 radical (unpaired) electrons. The molecule has 128 valence electrons. The molecule has 0 bridgehead atoms. The fourth-order valence-electron chi connectivity index (χ4n) is 2.28. The Bertz CT molecular complexity index is 502. The minimum absolute atomic E-state index is 0.242. The van der Waals surface area contributed by atoms with E-state index in [0.29, 0.717) is 13.0 Å². The van der Waals surface area contributed by atoms with Gasteiger partial charge in [0.05, 0.1) is 6.61 Å². The lowest BCUT2D eigenvalue weighted by Gasteiger charge is -2.13. The van der Waals surface area contributed by atoms with Crippen molar-refractivity contribution in [1.82, 2.24) is 0 Å². The molecule has 0 saturated heterocycles. The predicted molar refractivity (Wildman–Crippen MR) is 89.3 cm³/mol. The SMILES string of the molecule is C[C@@H](CCC(N)=O)COc1cccc(CCCCCC(=O)O)c1. The zero-order valence-electron chi connectivity index (χ0n) is 13.8. The number of primary amides is 1. The van der Waals surface area contributed by atoms with E-state index in [2.05, 4.69) is 6.07 Å². The van der Waals surface area contributed by atoms with Gasteiger partial charge in [-0.1, -0.05) is 25.5 Å². The number of hydrogen-bond donors (Lipinski definition) is 2. The van der Waals surface area contributed by atoms with Crippen molar-refractivity contribution in [3.8, 4) is 5.75 Å². The van der Waals surface area contributed by atoms with Crippen molar-refractivity contribution in [3.63, 3.8) is 0 Å². The monoisotopic (exact) mass is 321 g/mol. The number of ether oxygens (including phenoxy) is 1. The van der Waals surface area contributed by atoms with Gasteiger partial charge in [0.1, 0.15) is 5.75 Å². The number of hydrogen-bond acceptors (Lipinski definition) is 3. The first-order chi connectivity index (χ1) is 11.0. The van der Waals surface area contributed by atoms with Crippen LogP contribution in [-0.4, -0.2) is 23.6 Å². The first-order valence-corrected chi connectivity index (χ1v) is 8.19. The molecule has 1 aromatic rings.